The molecule has 0 aliphatic carbocycles. The number of unbranched alkanes of at least 4 members (excludes halogenated alkanes) is 1. The van der Waals surface area contributed by atoms with Crippen molar-refractivity contribution in [3.8, 4) is 0 Å². The molecule has 0 aliphatic rings. The molecule has 0 saturated heterocycles. The van der Waals surface area contributed by atoms with E-state index in [-0.39, 0.29) is 29.6 Å². The Morgan fingerprint density at radius 2 is 1.88 bits per heavy atom. The Bertz CT molecular complexity index is 27.7. The van der Waals surface area contributed by atoms with Crippen molar-refractivity contribution in [1.82, 2.24) is 0 Å². The SMILES string of the molecule is CCCC[N-]CC.[Na+]. The number of hydrogen-bond donors (Lipinski definition) is 0. The van der Waals surface area contributed by atoms with Crippen LogP contribution >= 0.6 is 0 Å². The predicted octanol–water partition coefficient (Wildman–Crippen LogP) is -0.816. The molecule has 1 nitrogen and oxygen atoms in total. The minimum Gasteiger partial charge on any atom is -0.662 e. The number of rotatable bonds is 4. The zero-order valence-electron chi connectivity index (χ0n) is 6.28. The monoisotopic (exact) mass is 123 g/mol. The third-order valence-electron chi connectivity index (χ3n) is 0.893. The van der Waals surface area contributed by atoms with Gasteiger partial charge in [-0.3, -0.25) is 0 Å². The van der Waals surface area contributed by atoms with Crippen LogP contribution in [-0.4, -0.2) is 13.1 Å². The Labute approximate surface area is 74.5 Å². The molecular formula is C6H14NNa. The topological polar surface area (TPSA) is 14.1 Å². The number of nitrogens with zero attached hydrogens (tertiary/aromatic N) is 1. The normalized spacial score (nSPS) is 8.25. The predicted molar refractivity (Wildman–Crippen MR) is 33.7 cm³/mol. The van der Waals surface area contributed by atoms with E-state index < -0.39 is 0 Å². The van der Waals surface area contributed by atoms with Crippen LogP contribution in [-0.2, 0) is 0 Å². The second kappa shape index (κ2) is 10.9. The molecule has 0 bridgehead atoms. The van der Waals surface area contributed by atoms with Crippen molar-refractivity contribution in [2.75, 3.05) is 13.1 Å². The van der Waals surface area contributed by atoms with Crippen molar-refractivity contribution in [1.29, 1.82) is 0 Å². The molecule has 0 saturated carbocycles. The minimum atomic E-state index is 0. The van der Waals surface area contributed by atoms with Gasteiger partial charge in [-0.15, -0.1) is 6.54 Å². The van der Waals surface area contributed by atoms with E-state index in [1.165, 1.54) is 12.8 Å². The summed E-state index contributed by atoms with van der Waals surface area (Å²) in [5.41, 5.74) is 0. The van der Waals surface area contributed by atoms with Gasteiger partial charge in [-0.25, -0.2) is 0 Å². The molecule has 0 unspecified atom stereocenters. The molecule has 0 heterocycles. The van der Waals surface area contributed by atoms with E-state index in [0.29, 0.717) is 0 Å². The van der Waals surface area contributed by atoms with Crippen LogP contribution in [0.2, 0.25) is 0 Å². The standard InChI is InChI=1S/C6H14N.Na/c1-3-5-6-7-4-2;/h3-6H2,1-2H3;/q-1;+1. The zero-order valence-corrected chi connectivity index (χ0v) is 8.28. The average molecular weight is 123 g/mol. The van der Waals surface area contributed by atoms with Gasteiger partial charge in [0.15, 0.2) is 0 Å². The molecule has 0 aliphatic heterocycles. The maximum Gasteiger partial charge on any atom is 1.00 e. The van der Waals surface area contributed by atoms with E-state index in [2.05, 4.69) is 19.2 Å². The molecule has 8 heavy (non-hydrogen) atoms. The van der Waals surface area contributed by atoms with Gasteiger partial charge in [0.25, 0.3) is 0 Å². The van der Waals surface area contributed by atoms with Crippen LogP contribution in [0, 0.1) is 0 Å². The summed E-state index contributed by atoms with van der Waals surface area (Å²) in [4.78, 5) is 0. The van der Waals surface area contributed by atoms with Crippen molar-refractivity contribution < 1.29 is 29.6 Å². The minimum absolute atomic E-state index is 0. The molecule has 0 N–H and O–H groups in total. The van der Waals surface area contributed by atoms with E-state index >= 15 is 0 Å². The van der Waals surface area contributed by atoms with Crippen molar-refractivity contribution >= 4 is 0 Å². The van der Waals surface area contributed by atoms with Gasteiger partial charge in [-0.1, -0.05) is 26.7 Å². The number of hydrogen-bond acceptors (Lipinski definition) is 0. The van der Waals surface area contributed by atoms with Gasteiger partial charge < -0.3 is 5.32 Å². The van der Waals surface area contributed by atoms with E-state index in [4.69, 9.17) is 0 Å². The summed E-state index contributed by atoms with van der Waals surface area (Å²) in [7, 11) is 0. The van der Waals surface area contributed by atoms with Crippen molar-refractivity contribution in [3.05, 3.63) is 5.32 Å². The summed E-state index contributed by atoms with van der Waals surface area (Å²) in [6.45, 7) is 6.31. The van der Waals surface area contributed by atoms with Gasteiger partial charge >= 0.3 is 29.6 Å². The van der Waals surface area contributed by atoms with Crippen LogP contribution in [0.3, 0.4) is 0 Å². The van der Waals surface area contributed by atoms with Crippen LogP contribution in [0.5, 0.6) is 0 Å². The molecule has 0 amide bonds. The molecule has 44 valence electrons. The molecule has 0 aromatic carbocycles. The van der Waals surface area contributed by atoms with Crippen molar-refractivity contribution in [3.63, 3.8) is 0 Å². The van der Waals surface area contributed by atoms with Crippen LogP contribution in [0.4, 0.5) is 0 Å². The average Bonchev–Trinajstić information content (AvgIpc) is 1.69. The van der Waals surface area contributed by atoms with Crippen LogP contribution in [0.25, 0.3) is 5.32 Å². The third kappa shape index (κ3) is 10.0. The summed E-state index contributed by atoms with van der Waals surface area (Å²) >= 11 is 0. The smallest absolute Gasteiger partial charge is 0.662 e. The summed E-state index contributed by atoms with van der Waals surface area (Å²) in [5, 5.41) is 4.16. The first-order valence-corrected chi connectivity index (χ1v) is 3.05. The van der Waals surface area contributed by atoms with Crippen LogP contribution in [0.15, 0.2) is 0 Å². The van der Waals surface area contributed by atoms with Gasteiger partial charge in [0.2, 0.25) is 0 Å². The fourth-order valence-electron chi connectivity index (χ4n) is 0.428. The fraction of sp³-hybridized carbons (Fsp3) is 1.00. The Morgan fingerprint density at radius 3 is 2.25 bits per heavy atom. The van der Waals surface area contributed by atoms with Crippen LogP contribution < -0.4 is 29.6 Å². The van der Waals surface area contributed by atoms with Gasteiger partial charge in [0.05, 0.1) is 0 Å². The van der Waals surface area contributed by atoms with Crippen molar-refractivity contribution in [2.24, 2.45) is 0 Å². The van der Waals surface area contributed by atoms with E-state index in [1.54, 1.807) is 0 Å². The molecule has 0 aromatic heterocycles. The summed E-state index contributed by atoms with van der Waals surface area (Å²) in [6, 6.07) is 0. The second-order valence-corrected chi connectivity index (χ2v) is 1.62. The summed E-state index contributed by atoms with van der Waals surface area (Å²) < 4.78 is 0. The second-order valence-electron chi connectivity index (χ2n) is 1.62. The molecule has 0 aromatic rings. The Balaban J connectivity index is 0. The Morgan fingerprint density at radius 1 is 1.25 bits per heavy atom. The Hall–Kier alpha value is 0.960. The van der Waals surface area contributed by atoms with E-state index in [1.807, 2.05) is 0 Å². The first-order valence-electron chi connectivity index (χ1n) is 3.05. The van der Waals surface area contributed by atoms with E-state index in [9.17, 15) is 0 Å². The molecule has 0 fully saturated rings. The van der Waals surface area contributed by atoms with Gasteiger partial charge in [0.1, 0.15) is 0 Å². The quantitative estimate of drug-likeness (QED) is 0.343. The maximum atomic E-state index is 4.16. The molecule has 0 radical (unpaired) electrons. The third-order valence-corrected chi connectivity index (χ3v) is 0.893. The van der Waals surface area contributed by atoms with E-state index in [0.717, 1.165) is 13.1 Å². The summed E-state index contributed by atoms with van der Waals surface area (Å²) in [5.74, 6) is 0. The Kier molecular flexibility index (Phi) is 15.9. The maximum absolute atomic E-state index is 4.16. The van der Waals surface area contributed by atoms with Crippen LogP contribution in [0.1, 0.15) is 26.7 Å². The van der Waals surface area contributed by atoms with Gasteiger partial charge in [0, 0.05) is 0 Å². The first-order chi connectivity index (χ1) is 3.41. The largest absolute Gasteiger partial charge is 1.00 e. The first kappa shape index (κ1) is 11.7. The fourth-order valence-corrected chi connectivity index (χ4v) is 0.428. The summed E-state index contributed by atoms with van der Waals surface area (Å²) in [6.07, 6.45) is 2.53. The zero-order chi connectivity index (χ0) is 5.54. The van der Waals surface area contributed by atoms with Crippen molar-refractivity contribution in [2.45, 2.75) is 26.7 Å². The molecule has 2 heteroatoms. The van der Waals surface area contributed by atoms with Gasteiger partial charge in [-0.05, 0) is 0 Å². The van der Waals surface area contributed by atoms with Gasteiger partial charge in [-0.2, -0.15) is 6.54 Å². The molecule has 0 rings (SSSR count). The molecule has 0 spiro atoms. The molecular weight excluding hydrogens is 109 g/mol. The molecule has 0 atom stereocenters.